The van der Waals surface area contributed by atoms with E-state index in [1.54, 1.807) is 7.11 Å². The van der Waals surface area contributed by atoms with Gasteiger partial charge in [0.15, 0.2) is 0 Å². The first kappa shape index (κ1) is 15.1. The van der Waals surface area contributed by atoms with E-state index in [1.165, 1.54) is 5.56 Å². The fourth-order valence-electron chi connectivity index (χ4n) is 2.11. The maximum atomic E-state index is 12.0. The van der Waals surface area contributed by atoms with Crippen LogP contribution >= 0.6 is 0 Å². The summed E-state index contributed by atoms with van der Waals surface area (Å²) in [7, 11) is 1.62. The Morgan fingerprint density at radius 3 is 2.43 bits per heavy atom. The SMILES string of the molecule is COc1ccc(NC(=O)CCn2nc(C)c(C)c2C)cc1. The molecule has 0 saturated carbocycles. The fraction of sp³-hybridized carbons (Fsp3) is 0.375. The van der Waals surface area contributed by atoms with Crippen LogP contribution in [-0.2, 0) is 11.3 Å². The van der Waals surface area contributed by atoms with Gasteiger partial charge < -0.3 is 10.1 Å². The lowest BCUT2D eigenvalue weighted by Gasteiger charge is -2.07. The minimum absolute atomic E-state index is 0.0228. The zero-order valence-electron chi connectivity index (χ0n) is 12.9. The molecule has 0 radical (unpaired) electrons. The van der Waals surface area contributed by atoms with E-state index >= 15 is 0 Å². The van der Waals surface area contributed by atoms with Crippen molar-refractivity contribution in [3.63, 3.8) is 0 Å². The highest BCUT2D eigenvalue weighted by Crippen LogP contribution is 2.15. The van der Waals surface area contributed by atoms with Crippen LogP contribution in [0.15, 0.2) is 24.3 Å². The lowest BCUT2D eigenvalue weighted by Crippen LogP contribution is -2.15. The second-order valence-corrected chi connectivity index (χ2v) is 5.05. The van der Waals surface area contributed by atoms with Crippen molar-refractivity contribution in [1.29, 1.82) is 0 Å². The van der Waals surface area contributed by atoms with Crippen molar-refractivity contribution >= 4 is 11.6 Å². The molecule has 1 aromatic carbocycles. The topological polar surface area (TPSA) is 56.1 Å². The Kier molecular flexibility index (Phi) is 4.62. The van der Waals surface area contributed by atoms with Crippen LogP contribution in [0.5, 0.6) is 5.75 Å². The molecule has 2 aromatic rings. The van der Waals surface area contributed by atoms with Crippen LogP contribution in [0.2, 0.25) is 0 Å². The molecule has 1 amide bonds. The van der Waals surface area contributed by atoms with Crippen molar-refractivity contribution in [1.82, 2.24) is 9.78 Å². The fourth-order valence-corrected chi connectivity index (χ4v) is 2.11. The van der Waals surface area contributed by atoms with Crippen LogP contribution in [0.25, 0.3) is 0 Å². The minimum Gasteiger partial charge on any atom is -0.497 e. The van der Waals surface area contributed by atoms with E-state index in [0.29, 0.717) is 13.0 Å². The summed E-state index contributed by atoms with van der Waals surface area (Å²) >= 11 is 0. The Morgan fingerprint density at radius 2 is 1.90 bits per heavy atom. The van der Waals surface area contributed by atoms with E-state index in [9.17, 15) is 4.79 Å². The Labute approximate surface area is 124 Å². The number of ether oxygens (including phenoxy) is 1. The van der Waals surface area contributed by atoms with Crippen LogP contribution in [0, 0.1) is 20.8 Å². The number of nitrogens with zero attached hydrogens (tertiary/aromatic N) is 2. The van der Waals surface area contributed by atoms with E-state index in [1.807, 2.05) is 49.7 Å². The molecular weight excluding hydrogens is 266 g/mol. The van der Waals surface area contributed by atoms with Gasteiger partial charge in [-0.3, -0.25) is 9.48 Å². The number of rotatable bonds is 5. The maximum absolute atomic E-state index is 12.0. The molecule has 0 saturated heterocycles. The molecule has 1 heterocycles. The molecule has 5 nitrogen and oxygen atoms in total. The van der Waals surface area contributed by atoms with Crippen molar-refractivity contribution in [2.24, 2.45) is 0 Å². The second-order valence-electron chi connectivity index (χ2n) is 5.05. The van der Waals surface area contributed by atoms with Crippen LogP contribution in [-0.4, -0.2) is 22.8 Å². The van der Waals surface area contributed by atoms with Gasteiger partial charge in [0.05, 0.1) is 12.8 Å². The van der Waals surface area contributed by atoms with Crippen molar-refractivity contribution in [3.05, 3.63) is 41.2 Å². The van der Waals surface area contributed by atoms with Gasteiger partial charge in [-0.05, 0) is 50.6 Å². The standard InChI is InChI=1S/C16H21N3O2/c1-11-12(2)18-19(13(11)3)10-9-16(20)17-14-5-7-15(21-4)8-6-14/h5-8H,9-10H2,1-4H3,(H,17,20). The summed E-state index contributed by atoms with van der Waals surface area (Å²) in [5, 5.41) is 7.30. The molecule has 0 aliphatic carbocycles. The van der Waals surface area contributed by atoms with Crippen LogP contribution < -0.4 is 10.1 Å². The average Bonchev–Trinajstić information content (AvgIpc) is 2.73. The highest BCUT2D eigenvalue weighted by atomic mass is 16.5. The second kappa shape index (κ2) is 6.43. The van der Waals surface area contributed by atoms with Gasteiger partial charge in [0.25, 0.3) is 0 Å². The number of aromatic nitrogens is 2. The predicted octanol–water partition coefficient (Wildman–Crippen LogP) is 2.85. The first-order valence-corrected chi connectivity index (χ1v) is 6.95. The van der Waals surface area contributed by atoms with Gasteiger partial charge in [0.2, 0.25) is 5.91 Å². The third kappa shape index (κ3) is 3.62. The molecule has 0 unspecified atom stereocenters. The lowest BCUT2D eigenvalue weighted by atomic mass is 10.2. The van der Waals surface area contributed by atoms with E-state index in [0.717, 1.165) is 22.8 Å². The molecule has 0 spiro atoms. The van der Waals surface area contributed by atoms with E-state index in [4.69, 9.17) is 4.74 Å². The number of aryl methyl sites for hydroxylation is 2. The summed E-state index contributed by atoms with van der Waals surface area (Å²) in [6.45, 7) is 6.64. The zero-order chi connectivity index (χ0) is 15.4. The Hall–Kier alpha value is -2.30. The summed E-state index contributed by atoms with van der Waals surface area (Å²) in [4.78, 5) is 12.0. The Morgan fingerprint density at radius 1 is 1.24 bits per heavy atom. The van der Waals surface area contributed by atoms with E-state index in [-0.39, 0.29) is 5.91 Å². The molecule has 0 atom stereocenters. The molecule has 2 rings (SSSR count). The normalized spacial score (nSPS) is 10.5. The maximum Gasteiger partial charge on any atom is 0.226 e. The third-order valence-electron chi connectivity index (χ3n) is 3.67. The van der Waals surface area contributed by atoms with Crippen LogP contribution in [0.1, 0.15) is 23.4 Å². The van der Waals surface area contributed by atoms with Gasteiger partial charge in [-0.1, -0.05) is 0 Å². The zero-order valence-corrected chi connectivity index (χ0v) is 12.9. The number of anilines is 1. The molecule has 1 N–H and O–H groups in total. The monoisotopic (exact) mass is 287 g/mol. The summed E-state index contributed by atoms with van der Waals surface area (Å²) in [5.41, 5.74) is 4.09. The number of carbonyl (C=O) groups excluding carboxylic acids is 1. The van der Waals surface area contributed by atoms with Gasteiger partial charge in [-0.2, -0.15) is 5.10 Å². The van der Waals surface area contributed by atoms with E-state index < -0.39 is 0 Å². The highest BCUT2D eigenvalue weighted by molar-refractivity contribution is 5.90. The number of benzene rings is 1. The van der Waals surface area contributed by atoms with Gasteiger partial charge in [-0.25, -0.2) is 0 Å². The van der Waals surface area contributed by atoms with Crippen molar-refractivity contribution < 1.29 is 9.53 Å². The van der Waals surface area contributed by atoms with Crippen molar-refractivity contribution in [2.45, 2.75) is 33.7 Å². The molecule has 112 valence electrons. The van der Waals surface area contributed by atoms with Gasteiger partial charge >= 0.3 is 0 Å². The molecule has 0 bridgehead atoms. The Balaban J connectivity index is 1.91. The number of amides is 1. The minimum atomic E-state index is -0.0228. The number of nitrogens with one attached hydrogen (secondary N) is 1. The number of methoxy groups -OCH3 is 1. The largest absolute Gasteiger partial charge is 0.497 e. The lowest BCUT2D eigenvalue weighted by molar-refractivity contribution is -0.116. The van der Waals surface area contributed by atoms with Crippen molar-refractivity contribution in [2.75, 3.05) is 12.4 Å². The van der Waals surface area contributed by atoms with Crippen LogP contribution in [0.3, 0.4) is 0 Å². The Bertz CT molecular complexity index is 630. The summed E-state index contributed by atoms with van der Waals surface area (Å²) in [5.74, 6) is 0.747. The molecule has 5 heteroatoms. The summed E-state index contributed by atoms with van der Waals surface area (Å²) < 4.78 is 6.97. The first-order chi connectivity index (χ1) is 10.0. The molecular formula is C16H21N3O2. The van der Waals surface area contributed by atoms with Crippen LogP contribution in [0.4, 0.5) is 5.69 Å². The predicted molar refractivity (Wildman–Crippen MR) is 82.7 cm³/mol. The van der Waals surface area contributed by atoms with E-state index in [2.05, 4.69) is 10.4 Å². The number of hydrogen-bond donors (Lipinski definition) is 1. The van der Waals surface area contributed by atoms with Gasteiger partial charge in [-0.15, -0.1) is 0 Å². The molecule has 0 fully saturated rings. The average molecular weight is 287 g/mol. The molecule has 0 aliphatic rings. The summed E-state index contributed by atoms with van der Waals surface area (Å²) in [6, 6.07) is 7.29. The highest BCUT2D eigenvalue weighted by Gasteiger charge is 2.09. The first-order valence-electron chi connectivity index (χ1n) is 6.95. The molecule has 1 aromatic heterocycles. The quantitative estimate of drug-likeness (QED) is 0.920. The summed E-state index contributed by atoms with van der Waals surface area (Å²) in [6.07, 6.45) is 0.396. The smallest absolute Gasteiger partial charge is 0.226 e. The van der Waals surface area contributed by atoms with Gasteiger partial charge in [0.1, 0.15) is 5.75 Å². The third-order valence-corrected chi connectivity index (χ3v) is 3.67. The number of carbonyl (C=O) groups is 1. The molecule has 21 heavy (non-hydrogen) atoms. The van der Waals surface area contributed by atoms with Gasteiger partial charge in [0, 0.05) is 24.3 Å². The molecule has 0 aliphatic heterocycles. The number of hydrogen-bond acceptors (Lipinski definition) is 3. The van der Waals surface area contributed by atoms with Crippen molar-refractivity contribution in [3.8, 4) is 5.75 Å².